The molecule has 2 rings (SSSR count). The minimum Gasteiger partial charge on any atom is -0.489 e. The maximum atomic E-state index is 5.84. The van der Waals surface area contributed by atoms with Crippen LogP contribution in [0.5, 0.6) is 5.75 Å². The van der Waals surface area contributed by atoms with Gasteiger partial charge in [0.25, 0.3) is 0 Å². The van der Waals surface area contributed by atoms with Crippen molar-refractivity contribution in [2.75, 3.05) is 7.11 Å². The maximum Gasteiger partial charge on any atom is 0.133 e. The van der Waals surface area contributed by atoms with Crippen LogP contribution in [-0.4, -0.2) is 13.2 Å². The lowest BCUT2D eigenvalue weighted by Gasteiger charge is -2.27. The van der Waals surface area contributed by atoms with Gasteiger partial charge in [-0.2, -0.15) is 5.48 Å². The number of ether oxygens (including phenoxy) is 1. The summed E-state index contributed by atoms with van der Waals surface area (Å²) in [4.78, 5) is 4.81. The zero-order valence-corrected chi connectivity index (χ0v) is 10.9. The Morgan fingerprint density at radius 2 is 2.25 bits per heavy atom. The molecule has 0 saturated heterocycles. The molecule has 16 heavy (non-hydrogen) atoms. The Labute approximate surface area is 104 Å². The summed E-state index contributed by atoms with van der Waals surface area (Å²) in [5, 5.41) is 0. The van der Waals surface area contributed by atoms with Crippen LogP contribution >= 0.6 is 15.9 Å². The van der Waals surface area contributed by atoms with Crippen LogP contribution in [0.1, 0.15) is 24.8 Å². The number of hydroxylamine groups is 1. The van der Waals surface area contributed by atoms with Gasteiger partial charge in [0.2, 0.25) is 0 Å². The van der Waals surface area contributed by atoms with E-state index in [4.69, 9.17) is 9.57 Å². The van der Waals surface area contributed by atoms with Crippen molar-refractivity contribution in [3.05, 3.63) is 28.2 Å². The van der Waals surface area contributed by atoms with Crippen LogP contribution in [-0.2, 0) is 11.4 Å². The predicted octanol–water partition coefficient (Wildman–Crippen LogP) is 3.03. The minimum atomic E-state index is 0.416. The van der Waals surface area contributed by atoms with E-state index >= 15 is 0 Å². The average molecular weight is 286 g/mol. The molecule has 1 N–H and O–H groups in total. The van der Waals surface area contributed by atoms with Crippen molar-refractivity contribution in [3.8, 4) is 5.75 Å². The second-order valence-electron chi connectivity index (χ2n) is 3.96. The fraction of sp³-hybridized carbons (Fsp3) is 0.500. The molecule has 0 aromatic heterocycles. The average Bonchev–Trinajstić information content (AvgIpc) is 2.22. The van der Waals surface area contributed by atoms with Gasteiger partial charge in [0.05, 0.1) is 17.7 Å². The zero-order chi connectivity index (χ0) is 11.4. The number of halogens is 1. The topological polar surface area (TPSA) is 30.5 Å². The summed E-state index contributed by atoms with van der Waals surface area (Å²) in [6, 6.07) is 6.11. The van der Waals surface area contributed by atoms with Gasteiger partial charge in [-0.3, -0.25) is 0 Å². The molecule has 1 aromatic carbocycles. The highest BCUT2D eigenvalue weighted by Gasteiger charge is 2.19. The first kappa shape index (κ1) is 11.9. The lowest BCUT2D eigenvalue weighted by molar-refractivity contribution is 0.0866. The van der Waals surface area contributed by atoms with Gasteiger partial charge in [0, 0.05) is 6.54 Å². The third-order valence-corrected chi connectivity index (χ3v) is 3.38. The van der Waals surface area contributed by atoms with Crippen LogP contribution < -0.4 is 10.2 Å². The van der Waals surface area contributed by atoms with Crippen LogP contribution in [0.3, 0.4) is 0 Å². The second-order valence-corrected chi connectivity index (χ2v) is 4.82. The Kier molecular flexibility index (Phi) is 4.21. The molecule has 0 aliphatic heterocycles. The summed E-state index contributed by atoms with van der Waals surface area (Å²) in [7, 11) is 1.61. The van der Waals surface area contributed by atoms with Gasteiger partial charge in [-0.05, 0) is 52.9 Å². The van der Waals surface area contributed by atoms with Crippen molar-refractivity contribution in [1.29, 1.82) is 0 Å². The molecule has 0 amide bonds. The fourth-order valence-electron chi connectivity index (χ4n) is 1.57. The molecule has 88 valence electrons. The molecule has 3 nitrogen and oxygen atoms in total. The van der Waals surface area contributed by atoms with Crippen molar-refractivity contribution in [2.45, 2.75) is 31.9 Å². The van der Waals surface area contributed by atoms with Gasteiger partial charge >= 0.3 is 0 Å². The highest BCUT2D eigenvalue weighted by atomic mass is 79.9. The number of rotatable bonds is 5. The molecule has 4 heteroatoms. The fourth-order valence-corrected chi connectivity index (χ4v) is 2.09. The molecule has 1 saturated carbocycles. The van der Waals surface area contributed by atoms with E-state index < -0.39 is 0 Å². The van der Waals surface area contributed by atoms with Crippen molar-refractivity contribution in [2.24, 2.45) is 0 Å². The molecular weight excluding hydrogens is 270 g/mol. The van der Waals surface area contributed by atoms with Gasteiger partial charge in [-0.25, -0.2) is 0 Å². The summed E-state index contributed by atoms with van der Waals surface area (Å²) in [6.07, 6.45) is 4.07. The quantitative estimate of drug-likeness (QED) is 0.844. The maximum absolute atomic E-state index is 5.84. The molecule has 0 heterocycles. The zero-order valence-electron chi connectivity index (χ0n) is 9.33. The number of benzene rings is 1. The lowest BCUT2D eigenvalue weighted by Crippen LogP contribution is -2.24. The van der Waals surface area contributed by atoms with Gasteiger partial charge in [0.1, 0.15) is 5.75 Å². The van der Waals surface area contributed by atoms with E-state index in [1.807, 2.05) is 12.1 Å². The first-order chi connectivity index (χ1) is 7.79. The van der Waals surface area contributed by atoms with Crippen molar-refractivity contribution in [1.82, 2.24) is 5.48 Å². The first-order valence-corrected chi connectivity index (χ1v) is 6.30. The smallest absolute Gasteiger partial charge is 0.133 e. The molecular formula is C12H16BrNO2. The van der Waals surface area contributed by atoms with E-state index in [1.54, 1.807) is 7.11 Å². The van der Waals surface area contributed by atoms with E-state index in [9.17, 15) is 0 Å². The largest absolute Gasteiger partial charge is 0.489 e. The Morgan fingerprint density at radius 1 is 1.44 bits per heavy atom. The summed E-state index contributed by atoms with van der Waals surface area (Å²) in [5.41, 5.74) is 3.97. The Bertz CT molecular complexity index is 353. The van der Waals surface area contributed by atoms with Crippen molar-refractivity contribution >= 4 is 15.9 Å². The molecule has 0 spiro atoms. The third-order valence-electron chi connectivity index (χ3n) is 2.76. The molecule has 1 aliphatic carbocycles. The minimum absolute atomic E-state index is 0.416. The number of hydrogen-bond acceptors (Lipinski definition) is 3. The molecule has 1 aliphatic rings. The second kappa shape index (κ2) is 5.66. The van der Waals surface area contributed by atoms with Gasteiger partial charge in [-0.15, -0.1) is 0 Å². The third kappa shape index (κ3) is 2.97. The Morgan fingerprint density at radius 3 is 2.81 bits per heavy atom. The highest BCUT2D eigenvalue weighted by Crippen LogP contribution is 2.31. The molecule has 0 unspecified atom stereocenters. The van der Waals surface area contributed by atoms with Gasteiger partial charge in [-0.1, -0.05) is 6.07 Å². The lowest BCUT2D eigenvalue weighted by atomic mass is 9.96. The molecule has 0 bridgehead atoms. The molecule has 1 aromatic rings. The van der Waals surface area contributed by atoms with Crippen LogP contribution in [0.15, 0.2) is 22.7 Å². The van der Waals surface area contributed by atoms with E-state index in [1.165, 1.54) is 19.3 Å². The van der Waals surface area contributed by atoms with Gasteiger partial charge < -0.3 is 9.57 Å². The van der Waals surface area contributed by atoms with E-state index in [-0.39, 0.29) is 0 Å². The van der Waals surface area contributed by atoms with E-state index in [0.29, 0.717) is 12.6 Å². The van der Waals surface area contributed by atoms with Gasteiger partial charge in [0.15, 0.2) is 0 Å². The number of hydrogen-bond donors (Lipinski definition) is 1. The normalized spacial score (nSPS) is 15.9. The first-order valence-electron chi connectivity index (χ1n) is 5.50. The van der Waals surface area contributed by atoms with Crippen molar-refractivity contribution in [3.63, 3.8) is 0 Å². The SMILES string of the molecule is CONCc1ccc(OC2CCC2)c(Br)c1. The van der Waals surface area contributed by atoms with Crippen LogP contribution in [0.4, 0.5) is 0 Å². The van der Waals surface area contributed by atoms with Crippen LogP contribution in [0.25, 0.3) is 0 Å². The Balaban J connectivity index is 1.97. The van der Waals surface area contributed by atoms with Crippen LogP contribution in [0.2, 0.25) is 0 Å². The summed E-state index contributed by atoms with van der Waals surface area (Å²) >= 11 is 3.53. The summed E-state index contributed by atoms with van der Waals surface area (Å²) < 4.78 is 6.85. The summed E-state index contributed by atoms with van der Waals surface area (Å²) in [6.45, 7) is 0.693. The highest BCUT2D eigenvalue weighted by molar-refractivity contribution is 9.10. The van der Waals surface area contributed by atoms with Crippen molar-refractivity contribution < 1.29 is 9.57 Å². The predicted molar refractivity (Wildman–Crippen MR) is 66.3 cm³/mol. The standard InChI is InChI=1S/C12H16BrNO2/c1-15-14-8-9-5-6-12(11(13)7-9)16-10-3-2-4-10/h5-7,10,14H,2-4,8H2,1H3. The number of nitrogens with one attached hydrogen (secondary N) is 1. The van der Waals surface area contributed by atoms with E-state index in [2.05, 4.69) is 27.5 Å². The molecule has 0 radical (unpaired) electrons. The molecule has 0 atom stereocenters. The summed E-state index contributed by atoms with van der Waals surface area (Å²) in [5.74, 6) is 0.936. The van der Waals surface area contributed by atoms with E-state index in [0.717, 1.165) is 15.8 Å². The Hall–Kier alpha value is -0.580. The van der Waals surface area contributed by atoms with Crippen LogP contribution in [0, 0.1) is 0 Å². The monoisotopic (exact) mass is 285 g/mol. The molecule has 1 fully saturated rings.